The Morgan fingerprint density at radius 2 is 1.53 bits per heavy atom. The monoisotopic (exact) mass is 416 g/mol. The van der Waals surface area contributed by atoms with Gasteiger partial charge in [-0.1, -0.05) is 26.0 Å². The van der Waals surface area contributed by atoms with E-state index in [0.717, 1.165) is 11.8 Å². The molecule has 2 N–H and O–H groups in total. The van der Waals surface area contributed by atoms with E-state index in [1.807, 2.05) is 32.9 Å². The van der Waals surface area contributed by atoms with Crippen LogP contribution in [0.2, 0.25) is 0 Å². The molecule has 0 aliphatic carbocycles. The average molecular weight is 416 g/mol. The van der Waals surface area contributed by atoms with Gasteiger partial charge < -0.3 is 15.4 Å². The zero-order valence-electron chi connectivity index (χ0n) is 16.9. The van der Waals surface area contributed by atoms with Gasteiger partial charge in [-0.05, 0) is 54.8 Å². The number of anilines is 4. The molecule has 30 heavy (non-hydrogen) atoms. The fraction of sp³-hybridized carbons (Fsp3) is 0.273. The summed E-state index contributed by atoms with van der Waals surface area (Å²) >= 11 is 0. The fourth-order valence-electron chi connectivity index (χ4n) is 2.76. The molecule has 0 radical (unpaired) electrons. The first-order valence-electron chi connectivity index (χ1n) is 9.57. The van der Waals surface area contributed by atoms with Crippen molar-refractivity contribution in [2.24, 2.45) is 0 Å². The van der Waals surface area contributed by atoms with Gasteiger partial charge in [-0.15, -0.1) is 0 Å². The lowest BCUT2D eigenvalue weighted by Crippen LogP contribution is -2.12. The molecular formula is C22H23F3N4O. The van der Waals surface area contributed by atoms with Gasteiger partial charge in [-0.3, -0.25) is 0 Å². The molecule has 0 aliphatic heterocycles. The van der Waals surface area contributed by atoms with Crippen molar-refractivity contribution in [1.82, 2.24) is 9.97 Å². The third-order valence-electron chi connectivity index (χ3n) is 4.36. The van der Waals surface area contributed by atoms with Gasteiger partial charge in [-0.2, -0.15) is 18.2 Å². The maximum absolute atomic E-state index is 13.4. The zero-order chi connectivity index (χ0) is 21.7. The maximum Gasteiger partial charge on any atom is 0.421 e. The number of aromatic nitrogens is 2. The smallest absolute Gasteiger partial charge is 0.421 e. The first-order chi connectivity index (χ1) is 14.3. The van der Waals surface area contributed by atoms with Crippen molar-refractivity contribution < 1.29 is 17.9 Å². The molecule has 0 aliphatic rings. The Kier molecular flexibility index (Phi) is 6.44. The van der Waals surface area contributed by atoms with Gasteiger partial charge in [-0.25, -0.2) is 4.98 Å². The molecule has 0 saturated heterocycles. The third-order valence-corrected chi connectivity index (χ3v) is 4.36. The lowest BCUT2D eigenvalue weighted by atomic mass is 10.0. The number of ether oxygens (including phenoxy) is 1. The molecule has 0 unspecified atom stereocenters. The molecule has 158 valence electrons. The van der Waals surface area contributed by atoms with E-state index in [2.05, 4.69) is 20.6 Å². The number of nitrogens with zero attached hydrogens (tertiary/aromatic N) is 2. The van der Waals surface area contributed by atoms with Gasteiger partial charge in [0.15, 0.2) is 0 Å². The van der Waals surface area contributed by atoms with Crippen molar-refractivity contribution in [3.63, 3.8) is 0 Å². The largest absolute Gasteiger partial charge is 0.494 e. The summed E-state index contributed by atoms with van der Waals surface area (Å²) in [5.74, 6) is 0.758. The second kappa shape index (κ2) is 9.02. The summed E-state index contributed by atoms with van der Waals surface area (Å²) in [5.41, 5.74) is 1.30. The Morgan fingerprint density at radius 1 is 0.933 bits per heavy atom. The highest BCUT2D eigenvalue weighted by atomic mass is 19.4. The van der Waals surface area contributed by atoms with Crippen LogP contribution in [0.1, 0.15) is 37.8 Å². The number of rotatable bonds is 7. The fourth-order valence-corrected chi connectivity index (χ4v) is 2.76. The molecule has 1 aromatic heterocycles. The Bertz CT molecular complexity index is 971. The highest BCUT2D eigenvalue weighted by Crippen LogP contribution is 2.35. The Hall–Kier alpha value is -3.29. The first kappa shape index (κ1) is 21.4. The average Bonchev–Trinajstić information content (AvgIpc) is 2.69. The van der Waals surface area contributed by atoms with Crippen molar-refractivity contribution in [2.45, 2.75) is 32.9 Å². The number of benzene rings is 2. The predicted octanol–water partition coefficient (Wildman–Crippen LogP) is 6.50. The molecule has 3 rings (SSSR count). The molecule has 8 heteroatoms. The molecule has 0 saturated carbocycles. The van der Waals surface area contributed by atoms with Crippen LogP contribution in [0.3, 0.4) is 0 Å². The van der Waals surface area contributed by atoms with Crippen molar-refractivity contribution in [2.75, 3.05) is 17.2 Å². The molecule has 0 amide bonds. The van der Waals surface area contributed by atoms with Crippen LogP contribution in [0.15, 0.2) is 54.7 Å². The lowest BCUT2D eigenvalue weighted by Gasteiger charge is -2.15. The van der Waals surface area contributed by atoms with E-state index in [4.69, 9.17) is 4.74 Å². The minimum atomic E-state index is -4.59. The van der Waals surface area contributed by atoms with Crippen LogP contribution >= 0.6 is 0 Å². The number of halogens is 3. The standard InChI is InChI=1S/C22H23F3N4O/c1-4-30-18-11-9-17(10-12-18)28-21-26-13-19(22(23,24)25)20(29-21)27-16-7-5-15(6-8-16)14(2)3/h5-14H,4H2,1-3H3,(H2,26,27,28,29). The van der Waals surface area contributed by atoms with Gasteiger partial charge in [0.25, 0.3) is 0 Å². The molecule has 0 bridgehead atoms. The van der Waals surface area contributed by atoms with E-state index in [-0.39, 0.29) is 11.8 Å². The summed E-state index contributed by atoms with van der Waals surface area (Å²) in [5, 5.41) is 5.68. The van der Waals surface area contributed by atoms with Crippen molar-refractivity contribution in [3.8, 4) is 5.75 Å². The summed E-state index contributed by atoms with van der Waals surface area (Å²) in [6, 6.07) is 14.2. The van der Waals surface area contributed by atoms with Crippen LogP contribution < -0.4 is 15.4 Å². The molecular weight excluding hydrogens is 393 g/mol. The molecule has 1 heterocycles. The van der Waals surface area contributed by atoms with Gasteiger partial charge in [0.1, 0.15) is 17.1 Å². The quantitative estimate of drug-likeness (QED) is 0.460. The SMILES string of the molecule is CCOc1ccc(Nc2ncc(C(F)(F)F)c(Nc3ccc(C(C)C)cc3)n2)cc1. The second-order valence-corrected chi connectivity index (χ2v) is 6.94. The number of nitrogens with one attached hydrogen (secondary N) is 2. The Morgan fingerprint density at radius 3 is 2.10 bits per heavy atom. The summed E-state index contributed by atoms with van der Waals surface area (Å²) in [6.45, 7) is 6.52. The van der Waals surface area contributed by atoms with Crippen LogP contribution in [0.25, 0.3) is 0 Å². The van der Waals surface area contributed by atoms with Crippen molar-refractivity contribution >= 4 is 23.1 Å². The van der Waals surface area contributed by atoms with E-state index in [9.17, 15) is 13.2 Å². The molecule has 0 spiro atoms. The highest BCUT2D eigenvalue weighted by molar-refractivity contribution is 5.63. The molecule has 2 aromatic carbocycles. The van der Waals surface area contributed by atoms with Gasteiger partial charge in [0, 0.05) is 17.6 Å². The molecule has 0 fully saturated rings. The Balaban J connectivity index is 1.86. The van der Waals surface area contributed by atoms with E-state index in [0.29, 0.717) is 29.6 Å². The highest BCUT2D eigenvalue weighted by Gasteiger charge is 2.35. The molecule has 3 aromatic rings. The van der Waals surface area contributed by atoms with E-state index in [1.165, 1.54) is 0 Å². The van der Waals surface area contributed by atoms with E-state index >= 15 is 0 Å². The van der Waals surface area contributed by atoms with Crippen molar-refractivity contribution in [1.29, 1.82) is 0 Å². The normalized spacial score (nSPS) is 11.4. The van der Waals surface area contributed by atoms with Crippen molar-refractivity contribution in [3.05, 3.63) is 65.9 Å². The van der Waals surface area contributed by atoms with Crippen LogP contribution in [-0.2, 0) is 6.18 Å². The minimum absolute atomic E-state index is 0.0495. The van der Waals surface area contributed by atoms with Gasteiger partial charge in [0.05, 0.1) is 6.61 Å². The Labute approximate surface area is 173 Å². The summed E-state index contributed by atoms with van der Waals surface area (Å²) < 4.78 is 45.7. The number of hydrogen-bond donors (Lipinski definition) is 2. The van der Waals surface area contributed by atoms with Gasteiger partial charge >= 0.3 is 6.18 Å². The lowest BCUT2D eigenvalue weighted by molar-refractivity contribution is -0.137. The molecule has 0 atom stereocenters. The van der Waals surface area contributed by atoms with Crippen LogP contribution in [-0.4, -0.2) is 16.6 Å². The predicted molar refractivity (Wildman–Crippen MR) is 112 cm³/mol. The maximum atomic E-state index is 13.4. The van der Waals surface area contributed by atoms with Crippen LogP contribution in [0.4, 0.5) is 36.3 Å². The van der Waals surface area contributed by atoms with E-state index in [1.54, 1.807) is 36.4 Å². The number of alkyl halides is 3. The third kappa shape index (κ3) is 5.40. The topological polar surface area (TPSA) is 59.1 Å². The van der Waals surface area contributed by atoms with Crippen LogP contribution in [0.5, 0.6) is 5.75 Å². The minimum Gasteiger partial charge on any atom is -0.494 e. The van der Waals surface area contributed by atoms with Gasteiger partial charge in [0.2, 0.25) is 5.95 Å². The summed E-state index contributed by atoms with van der Waals surface area (Å²) in [7, 11) is 0. The zero-order valence-corrected chi connectivity index (χ0v) is 16.9. The first-order valence-corrected chi connectivity index (χ1v) is 9.57. The summed E-state index contributed by atoms with van der Waals surface area (Å²) in [4.78, 5) is 7.89. The van der Waals surface area contributed by atoms with E-state index < -0.39 is 11.7 Å². The van der Waals surface area contributed by atoms with Crippen LogP contribution in [0, 0.1) is 0 Å². The molecule has 5 nitrogen and oxygen atoms in total. The second-order valence-electron chi connectivity index (χ2n) is 6.94. The number of hydrogen-bond acceptors (Lipinski definition) is 5. The summed E-state index contributed by atoms with van der Waals surface area (Å²) in [6.07, 6.45) is -3.81.